The monoisotopic (exact) mass is 833 g/mol. The number of aliphatic hydroxyl groups is 2. The molecule has 2 amide bonds. The van der Waals surface area contributed by atoms with Crippen LogP contribution in [0.1, 0.15) is 51.7 Å². The average molecular weight is 835 g/mol. The van der Waals surface area contributed by atoms with E-state index in [0.717, 1.165) is 22.1 Å². The Bertz CT molecular complexity index is 1630. The van der Waals surface area contributed by atoms with Crippen LogP contribution in [-0.4, -0.2) is 121 Å². The Labute approximate surface area is 330 Å². The van der Waals surface area contributed by atoms with Crippen LogP contribution in [0.15, 0.2) is 71.2 Å². The van der Waals surface area contributed by atoms with Gasteiger partial charge in [0.2, 0.25) is 0 Å². The Balaban J connectivity index is 1.30. The summed E-state index contributed by atoms with van der Waals surface area (Å²) in [6, 6.07) is 18.5. The summed E-state index contributed by atoms with van der Waals surface area (Å²) in [7, 11) is 2.69. The smallest absolute Gasteiger partial charge is 0.417 e. The topological polar surface area (TPSA) is 169 Å². The van der Waals surface area contributed by atoms with Gasteiger partial charge < -0.3 is 48.1 Å². The first-order chi connectivity index (χ1) is 26.2. The number of hydrogen-bond donors (Lipinski definition) is 2. The Kier molecular flexibility index (Phi) is 14.8. The highest BCUT2D eigenvalue weighted by Crippen LogP contribution is 2.39. The highest BCUT2D eigenvalue weighted by molar-refractivity contribution is 9.11. The maximum atomic E-state index is 13.9. The predicted molar refractivity (Wildman–Crippen MR) is 200 cm³/mol. The lowest BCUT2D eigenvalue weighted by Crippen LogP contribution is -2.61. The molecule has 0 bridgehead atoms. The van der Waals surface area contributed by atoms with E-state index in [-0.39, 0.29) is 49.7 Å². The molecule has 0 radical (unpaired) electrons. The largest absolute Gasteiger partial charge is 0.441 e. The van der Waals surface area contributed by atoms with Gasteiger partial charge in [-0.25, -0.2) is 9.69 Å². The fourth-order valence-corrected chi connectivity index (χ4v) is 7.98. The van der Waals surface area contributed by atoms with Crippen molar-refractivity contribution < 1.29 is 62.5 Å². The number of rotatable bonds is 17. The second kappa shape index (κ2) is 18.9. The van der Waals surface area contributed by atoms with Gasteiger partial charge in [0.25, 0.3) is 5.91 Å². The van der Waals surface area contributed by atoms with Gasteiger partial charge in [-0.05, 0) is 59.3 Å². The molecule has 302 valence electrons. The van der Waals surface area contributed by atoms with Gasteiger partial charge in [-0.3, -0.25) is 9.59 Å². The molecule has 0 spiro atoms. The van der Waals surface area contributed by atoms with Crippen molar-refractivity contribution in [2.45, 2.75) is 114 Å². The molecule has 14 nitrogen and oxygen atoms in total. The normalized spacial score (nSPS) is 30.0. The summed E-state index contributed by atoms with van der Waals surface area (Å²) in [6.07, 6.45) is -6.82. The third kappa shape index (κ3) is 9.90. The van der Waals surface area contributed by atoms with Crippen LogP contribution in [0.2, 0.25) is 0 Å². The molecular formula is C40H52BrNO13. The van der Waals surface area contributed by atoms with Crippen molar-refractivity contribution in [2.75, 3.05) is 27.4 Å². The summed E-state index contributed by atoms with van der Waals surface area (Å²) in [5.41, 5.74) is 0.855. The Hall–Kier alpha value is -3.09. The van der Waals surface area contributed by atoms with Gasteiger partial charge in [0.05, 0.1) is 30.3 Å². The minimum absolute atomic E-state index is 0.0379. The molecule has 0 aromatic heterocycles. The fourth-order valence-electron chi connectivity index (χ4n) is 7.46. The second-order valence-electron chi connectivity index (χ2n) is 14.7. The molecule has 3 aliphatic heterocycles. The molecule has 3 aliphatic rings. The number of hydrogen-bond acceptors (Lipinski definition) is 13. The number of ether oxygens (including phenoxy) is 8. The standard InChI is InChI=1S/C40H52BrNO13/c1-24(2)35-39(3,4)55-38(46)42(35)36(45)33(48-5)30-27(44)20-29(41)40(47,54-30)18-13-19-50-34-32(52-23-26-16-11-8-12-17-26)31(28(21-43)53-37(34)49-6)51-22-25-14-9-7-10-15-25/h7-12,14-17,20,24,28,30-35,37,43,47H,13,18-19,21-23H2,1-6H3. The third-order valence-corrected chi connectivity index (χ3v) is 10.8. The number of halogens is 1. The molecule has 0 aliphatic carbocycles. The van der Waals surface area contributed by atoms with Crippen molar-refractivity contribution in [1.82, 2.24) is 4.90 Å². The molecule has 0 saturated carbocycles. The first kappa shape index (κ1) is 43.0. The Morgan fingerprint density at radius 2 is 1.53 bits per heavy atom. The summed E-state index contributed by atoms with van der Waals surface area (Å²) in [4.78, 5) is 41.0. The van der Waals surface area contributed by atoms with Gasteiger partial charge >= 0.3 is 6.09 Å². The van der Waals surface area contributed by atoms with E-state index < -0.39 is 78.1 Å². The molecule has 55 heavy (non-hydrogen) atoms. The fraction of sp³-hybridized carbons (Fsp3) is 0.575. The molecule has 3 heterocycles. The zero-order valence-corrected chi connectivity index (χ0v) is 33.6. The quantitative estimate of drug-likeness (QED) is 0.215. The van der Waals surface area contributed by atoms with Crippen LogP contribution in [0.4, 0.5) is 4.79 Å². The van der Waals surface area contributed by atoms with Crippen molar-refractivity contribution in [3.05, 3.63) is 82.3 Å². The zero-order valence-electron chi connectivity index (χ0n) is 32.0. The van der Waals surface area contributed by atoms with Gasteiger partial charge in [-0.1, -0.05) is 74.5 Å². The number of ketones is 1. The van der Waals surface area contributed by atoms with Crippen molar-refractivity contribution in [3.63, 3.8) is 0 Å². The van der Waals surface area contributed by atoms with Crippen molar-refractivity contribution >= 4 is 33.7 Å². The molecule has 9 unspecified atom stereocenters. The van der Waals surface area contributed by atoms with E-state index in [0.29, 0.717) is 0 Å². The van der Waals surface area contributed by atoms with Crippen molar-refractivity contribution in [1.29, 1.82) is 0 Å². The van der Waals surface area contributed by atoms with Gasteiger partial charge in [0.1, 0.15) is 30.0 Å². The van der Waals surface area contributed by atoms with Crippen molar-refractivity contribution in [3.8, 4) is 0 Å². The van der Waals surface area contributed by atoms with Crippen LogP contribution in [0.25, 0.3) is 0 Å². The van der Waals surface area contributed by atoms with Gasteiger partial charge in [-0.15, -0.1) is 0 Å². The van der Waals surface area contributed by atoms with Gasteiger partial charge in [-0.2, -0.15) is 0 Å². The highest BCUT2D eigenvalue weighted by Gasteiger charge is 2.56. The molecular weight excluding hydrogens is 782 g/mol. The van der Waals surface area contributed by atoms with Gasteiger partial charge in [0.15, 0.2) is 30.1 Å². The second-order valence-corrected chi connectivity index (χ2v) is 15.5. The van der Waals surface area contributed by atoms with E-state index >= 15 is 0 Å². The Morgan fingerprint density at radius 3 is 2.07 bits per heavy atom. The SMILES string of the molecule is COC1OC(CO)C(OCc2ccccc2)C(OCc2ccccc2)C1OCCCC1(O)OC(C(OC)C(=O)N2C(=O)OC(C)(C)C2C(C)C)C(=O)C=C1Br. The third-order valence-electron chi connectivity index (χ3n) is 9.97. The summed E-state index contributed by atoms with van der Waals surface area (Å²) in [6.45, 7) is 7.26. The number of cyclic esters (lactones) is 1. The van der Waals surface area contributed by atoms with E-state index in [1.165, 1.54) is 14.2 Å². The van der Waals surface area contributed by atoms with Crippen LogP contribution in [-0.2, 0) is 60.7 Å². The lowest BCUT2D eigenvalue weighted by atomic mass is 9.88. The zero-order chi connectivity index (χ0) is 39.9. The molecule has 2 aromatic carbocycles. The molecule has 2 fully saturated rings. The lowest BCUT2D eigenvalue weighted by molar-refractivity contribution is -0.320. The summed E-state index contributed by atoms with van der Waals surface area (Å²) in [5, 5.41) is 22.1. The van der Waals surface area contributed by atoms with Crippen LogP contribution < -0.4 is 0 Å². The van der Waals surface area contributed by atoms with E-state index in [1.54, 1.807) is 13.8 Å². The molecule has 2 N–H and O–H groups in total. The first-order valence-corrected chi connectivity index (χ1v) is 19.2. The van der Waals surface area contributed by atoms with Crippen LogP contribution >= 0.6 is 15.9 Å². The lowest BCUT2D eigenvalue weighted by Gasteiger charge is -2.45. The minimum atomic E-state index is -2.06. The molecule has 2 saturated heterocycles. The van der Waals surface area contributed by atoms with E-state index in [1.807, 2.05) is 74.5 Å². The minimum Gasteiger partial charge on any atom is -0.441 e. The highest BCUT2D eigenvalue weighted by atomic mass is 79.9. The summed E-state index contributed by atoms with van der Waals surface area (Å²) in [5.74, 6) is -3.69. The van der Waals surface area contributed by atoms with E-state index in [2.05, 4.69) is 15.9 Å². The van der Waals surface area contributed by atoms with Crippen LogP contribution in [0, 0.1) is 5.92 Å². The number of amides is 2. The van der Waals surface area contributed by atoms with Gasteiger partial charge in [0, 0.05) is 27.2 Å². The predicted octanol–water partition coefficient (Wildman–Crippen LogP) is 4.42. The maximum Gasteiger partial charge on any atom is 0.417 e. The number of aliphatic hydroxyl groups excluding tert-OH is 1. The number of nitrogens with zero attached hydrogens (tertiary/aromatic N) is 1. The first-order valence-electron chi connectivity index (χ1n) is 18.4. The summed E-state index contributed by atoms with van der Waals surface area (Å²) < 4.78 is 48.0. The summed E-state index contributed by atoms with van der Waals surface area (Å²) >= 11 is 3.28. The number of methoxy groups -OCH3 is 2. The molecule has 9 atom stereocenters. The molecule has 5 rings (SSSR count). The number of carbonyl (C=O) groups excluding carboxylic acids is 3. The average Bonchev–Trinajstić information content (AvgIpc) is 3.42. The molecule has 2 aromatic rings. The van der Waals surface area contributed by atoms with E-state index in [4.69, 9.17) is 37.9 Å². The number of carbonyl (C=O) groups is 3. The van der Waals surface area contributed by atoms with Crippen molar-refractivity contribution in [2.24, 2.45) is 5.92 Å². The number of benzene rings is 2. The van der Waals surface area contributed by atoms with Crippen LogP contribution in [0.3, 0.4) is 0 Å². The number of imide groups is 1. The Morgan fingerprint density at radius 1 is 0.927 bits per heavy atom. The van der Waals surface area contributed by atoms with E-state index in [9.17, 15) is 24.6 Å². The maximum absolute atomic E-state index is 13.9. The molecule has 15 heteroatoms. The van der Waals surface area contributed by atoms with Crippen LogP contribution in [0.5, 0.6) is 0 Å².